The molecule has 0 atom stereocenters. The molecule has 1 heterocycles. The Balaban J connectivity index is 1.86. The number of amides is 1. The lowest BCUT2D eigenvalue weighted by atomic mass is 10.2. The molecule has 1 aromatic heterocycles. The molecule has 0 saturated carbocycles. The molecule has 0 spiro atoms. The number of sulfonamides is 1. The van der Waals surface area contributed by atoms with Gasteiger partial charge in [0.15, 0.2) is 0 Å². The second-order valence-corrected chi connectivity index (χ2v) is 7.79. The summed E-state index contributed by atoms with van der Waals surface area (Å²) in [6, 6.07) is 13.0. The number of rotatable bonds is 6. The summed E-state index contributed by atoms with van der Waals surface area (Å²) in [6.07, 6.45) is 1.52. The molecule has 2 aromatic carbocycles. The molecule has 9 heteroatoms. The predicted octanol–water partition coefficient (Wildman–Crippen LogP) is 2.79. The van der Waals surface area contributed by atoms with Crippen LogP contribution in [0.5, 0.6) is 5.75 Å². The second kappa shape index (κ2) is 7.73. The maximum absolute atomic E-state index is 12.8. The molecule has 2 N–H and O–H groups in total. The first kappa shape index (κ1) is 19.4. The molecule has 1 amide bonds. The van der Waals surface area contributed by atoms with Gasteiger partial charge in [0, 0.05) is 30.7 Å². The van der Waals surface area contributed by atoms with Gasteiger partial charge in [-0.1, -0.05) is 12.1 Å². The van der Waals surface area contributed by atoms with Gasteiger partial charge in [-0.3, -0.25) is 14.2 Å². The Morgan fingerprint density at radius 3 is 2.54 bits per heavy atom. The van der Waals surface area contributed by atoms with Crippen LogP contribution in [0, 0.1) is 6.92 Å². The SMILES string of the molecule is COc1cc(NC(=O)c2ccnn2C)ccc1S(=O)(=O)Nc1cccc(C)c1. The minimum Gasteiger partial charge on any atom is -0.495 e. The van der Waals surface area contributed by atoms with Crippen molar-refractivity contribution in [3.8, 4) is 5.75 Å². The van der Waals surface area contributed by atoms with Crippen LogP contribution in [0.3, 0.4) is 0 Å². The summed E-state index contributed by atoms with van der Waals surface area (Å²) in [6.45, 7) is 1.87. The smallest absolute Gasteiger partial charge is 0.273 e. The van der Waals surface area contributed by atoms with Crippen LogP contribution in [0.4, 0.5) is 11.4 Å². The van der Waals surface area contributed by atoms with E-state index in [1.54, 1.807) is 31.3 Å². The summed E-state index contributed by atoms with van der Waals surface area (Å²) in [5, 5.41) is 6.65. The zero-order chi connectivity index (χ0) is 20.3. The number of anilines is 2. The highest BCUT2D eigenvalue weighted by molar-refractivity contribution is 7.92. The van der Waals surface area contributed by atoms with E-state index in [1.165, 1.54) is 36.2 Å². The van der Waals surface area contributed by atoms with Crippen molar-refractivity contribution >= 4 is 27.3 Å². The predicted molar refractivity (Wildman–Crippen MR) is 106 cm³/mol. The van der Waals surface area contributed by atoms with Gasteiger partial charge in [0.25, 0.3) is 15.9 Å². The van der Waals surface area contributed by atoms with E-state index in [0.717, 1.165) is 5.56 Å². The lowest BCUT2D eigenvalue weighted by Crippen LogP contribution is -2.17. The Hall–Kier alpha value is -3.33. The van der Waals surface area contributed by atoms with Gasteiger partial charge in [-0.25, -0.2) is 8.42 Å². The van der Waals surface area contributed by atoms with Gasteiger partial charge in [0.1, 0.15) is 16.3 Å². The summed E-state index contributed by atoms with van der Waals surface area (Å²) in [5.41, 5.74) is 2.16. The van der Waals surface area contributed by atoms with Crippen molar-refractivity contribution < 1.29 is 17.9 Å². The molecule has 0 aliphatic carbocycles. The molecule has 3 aromatic rings. The number of nitrogens with one attached hydrogen (secondary N) is 2. The molecular formula is C19H20N4O4S. The van der Waals surface area contributed by atoms with Crippen molar-refractivity contribution in [3.63, 3.8) is 0 Å². The number of hydrogen-bond donors (Lipinski definition) is 2. The van der Waals surface area contributed by atoms with Crippen LogP contribution in [-0.2, 0) is 17.1 Å². The molecular weight excluding hydrogens is 380 g/mol. The van der Waals surface area contributed by atoms with Crippen molar-refractivity contribution in [2.24, 2.45) is 7.05 Å². The van der Waals surface area contributed by atoms with E-state index < -0.39 is 10.0 Å². The number of benzene rings is 2. The fourth-order valence-electron chi connectivity index (χ4n) is 2.68. The average Bonchev–Trinajstić information content (AvgIpc) is 3.07. The molecule has 0 aliphatic rings. The summed E-state index contributed by atoms with van der Waals surface area (Å²) in [5.74, 6) is -0.251. The topological polar surface area (TPSA) is 102 Å². The first-order valence-corrected chi connectivity index (χ1v) is 9.85. The lowest BCUT2D eigenvalue weighted by molar-refractivity contribution is 0.101. The summed E-state index contributed by atoms with van der Waals surface area (Å²) in [7, 11) is -0.846. The van der Waals surface area contributed by atoms with E-state index >= 15 is 0 Å². The molecule has 0 saturated heterocycles. The van der Waals surface area contributed by atoms with Crippen LogP contribution in [0.1, 0.15) is 16.1 Å². The van der Waals surface area contributed by atoms with Crippen molar-refractivity contribution in [2.45, 2.75) is 11.8 Å². The molecule has 0 unspecified atom stereocenters. The minimum atomic E-state index is -3.87. The van der Waals surface area contributed by atoms with Gasteiger partial charge in [-0.2, -0.15) is 5.10 Å². The highest BCUT2D eigenvalue weighted by Gasteiger charge is 2.21. The minimum absolute atomic E-state index is 0.0324. The van der Waals surface area contributed by atoms with Crippen molar-refractivity contribution in [1.29, 1.82) is 0 Å². The molecule has 0 bridgehead atoms. The Labute approximate surface area is 163 Å². The third-order valence-electron chi connectivity index (χ3n) is 4.03. The van der Waals surface area contributed by atoms with Gasteiger partial charge in [0.2, 0.25) is 0 Å². The average molecular weight is 400 g/mol. The third-order valence-corrected chi connectivity index (χ3v) is 5.46. The fourth-order valence-corrected chi connectivity index (χ4v) is 3.88. The zero-order valence-corrected chi connectivity index (χ0v) is 16.4. The number of ether oxygens (including phenoxy) is 1. The van der Waals surface area contributed by atoms with Crippen molar-refractivity contribution in [2.75, 3.05) is 17.1 Å². The van der Waals surface area contributed by atoms with E-state index in [0.29, 0.717) is 17.1 Å². The van der Waals surface area contributed by atoms with Crippen LogP contribution in [-0.4, -0.2) is 31.2 Å². The standard InChI is InChI=1S/C19H20N4O4S/c1-13-5-4-6-15(11-13)22-28(25,26)18-8-7-14(12-17(18)27-3)21-19(24)16-9-10-20-23(16)2/h4-12,22H,1-3H3,(H,21,24). The van der Waals surface area contributed by atoms with Gasteiger partial charge in [0.05, 0.1) is 7.11 Å². The number of nitrogens with zero attached hydrogens (tertiary/aromatic N) is 2. The number of hydrogen-bond acceptors (Lipinski definition) is 5. The van der Waals surface area contributed by atoms with E-state index in [2.05, 4.69) is 15.1 Å². The van der Waals surface area contributed by atoms with Gasteiger partial charge in [-0.15, -0.1) is 0 Å². The van der Waals surface area contributed by atoms with Crippen LogP contribution < -0.4 is 14.8 Å². The normalized spacial score (nSPS) is 11.1. The van der Waals surface area contributed by atoms with E-state index in [1.807, 2.05) is 13.0 Å². The van der Waals surface area contributed by atoms with Crippen LogP contribution in [0.25, 0.3) is 0 Å². The number of methoxy groups -OCH3 is 1. The van der Waals surface area contributed by atoms with Crippen LogP contribution in [0.2, 0.25) is 0 Å². The van der Waals surface area contributed by atoms with Gasteiger partial charge in [-0.05, 0) is 42.8 Å². The summed E-state index contributed by atoms with van der Waals surface area (Å²) in [4.78, 5) is 12.3. The zero-order valence-electron chi connectivity index (χ0n) is 15.6. The van der Waals surface area contributed by atoms with Crippen LogP contribution in [0.15, 0.2) is 59.6 Å². The molecule has 0 aliphatic heterocycles. The number of carbonyl (C=O) groups excluding carboxylic acids is 1. The molecule has 0 fully saturated rings. The number of aryl methyl sites for hydroxylation is 2. The Kier molecular flexibility index (Phi) is 5.36. The number of carbonyl (C=O) groups is 1. The van der Waals surface area contributed by atoms with Gasteiger partial charge < -0.3 is 10.1 Å². The summed E-state index contributed by atoms with van der Waals surface area (Å²) < 4.78 is 34.8. The van der Waals surface area contributed by atoms with Crippen molar-refractivity contribution in [1.82, 2.24) is 9.78 Å². The van der Waals surface area contributed by atoms with E-state index in [9.17, 15) is 13.2 Å². The second-order valence-electron chi connectivity index (χ2n) is 6.13. The Bertz CT molecular complexity index is 1120. The quantitative estimate of drug-likeness (QED) is 0.662. The highest BCUT2D eigenvalue weighted by Crippen LogP contribution is 2.29. The Morgan fingerprint density at radius 1 is 1.11 bits per heavy atom. The third kappa shape index (κ3) is 4.15. The highest BCUT2D eigenvalue weighted by atomic mass is 32.2. The Morgan fingerprint density at radius 2 is 1.89 bits per heavy atom. The van der Waals surface area contributed by atoms with E-state index in [4.69, 9.17) is 4.74 Å². The first-order valence-electron chi connectivity index (χ1n) is 8.37. The van der Waals surface area contributed by atoms with Crippen molar-refractivity contribution in [3.05, 3.63) is 66.0 Å². The molecule has 146 valence electrons. The molecule has 8 nitrogen and oxygen atoms in total. The maximum Gasteiger partial charge on any atom is 0.273 e. The fraction of sp³-hybridized carbons (Fsp3) is 0.158. The molecule has 0 radical (unpaired) electrons. The monoisotopic (exact) mass is 400 g/mol. The van der Waals surface area contributed by atoms with E-state index in [-0.39, 0.29) is 16.6 Å². The largest absolute Gasteiger partial charge is 0.495 e. The molecule has 28 heavy (non-hydrogen) atoms. The number of aromatic nitrogens is 2. The van der Waals surface area contributed by atoms with Crippen LogP contribution >= 0.6 is 0 Å². The first-order chi connectivity index (χ1) is 13.3. The van der Waals surface area contributed by atoms with Gasteiger partial charge >= 0.3 is 0 Å². The molecule has 3 rings (SSSR count). The maximum atomic E-state index is 12.8. The summed E-state index contributed by atoms with van der Waals surface area (Å²) >= 11 is 0. The lowest BCUT2D eigenvalue weighted by Gasteiger charge is -2.14.